The van der Waals surface area contributed by atoms with Crippen LogP contribution in [0.4, 0.5) is 0 Å². The molecule has 0 amide bonds. The van der Waals surface area contributed by atoms with Gasteiger partial charge in [-0.25, -0.2) is 4.98 Å². The van der Waals surface area contributed by atoms with Gasteiger partial charge < -0.3 is 13.8 Å². The number of benzene rings is 1. The van der Waals surface area contributed by atoms with E-state index in [1.54, 1.807) is 7.11 Å². The van der Waals surface area contributed by atoms with Crippen molar-refractivity contribution in [1.82, 2.24) is 19.7 Å². The highest BCUT2D eigenvalue weighted by molar-refractivity contribution is 6.05. The molecule has 0 unspecified atom stereocenters. The minimum Gasteiger partial charge on any atom is -0.496 e. The van der Waals surface area contributed by atoms with Gasteiger partial charge in [-0.3, -0.25) is 4.98 Å². The van der Waals surface area contributed by atoms with Crippen LogP contribution in [0.1, 0.15) is 62.7 Å². The Labute approximate surface area is 177 Å². The third-order valence-corrected chi connectivity index (χ3v) is 6.00. The van der Waals surface area contributed by atoms with Crippen molar-refractivity contribution in [2.24, 2.45) is 7.05 Å². The molecule has 0 fully saturated rings. The molecule has 1 aromatic carbocycles. The van der Waals surface area contributed by atoms with Gasteiger partial charge in [0.25, 0.3) is 0 Å². The first-order valence-electron chi connectivity index (χ1n) is 10.8. The van der Waals surface area contributed by atoms with Crippen LogP contribution in [0.3, 0.4) is 0 Å². The summed E-state index contributed by atoms with van der Waals surface area (Å²) in [6, 6.07) is 4.15. The van der Waals surface area contributed by atoms with E-state index in [-0.39, 0.29) is 0 Å². The van der Waals surface area contributed by atoms with Gasteiger partial charge in [0.1, 0.15) is 22.9 Å². The Morgan fingerprint density at radius 2 is 1.83 bits per heavy atom. The van der Waals surface area contributed by atoms with E-state index in [0.29, 0.717) is 5.92 Å². The van der Waals surface area contributed by atoms with Gasteiger partial charge in [-0.2, -0.15) is 0 Å². The van der Waals surface area contributed by atoms with Crippen molar-refractivity contribution in [2.45, 2.75) is 59.3 Å². The number of hydrogen-bond donors (Lipinski definition) is 0. The maximum Gasteiger partial charge on any atom is 0.141 e. The van der Waals surface area contributed by atoms with Crippen LogP contribution in [0.2, 0.25) is 0 Å². The standard InChI is InChI=1S/C24H30N4O2/c1-7-9-16(10-8-2)24-26-20-13-25-19-11-18(22-14(3)27-30-15(22)4)21(29-6)12-17(19)23(20)28(24)5/h11-13,16H,7-10H2,1-6H3. The Morgan fingerprint density at radius 3 is 2.43 bits per heavy atom. The molecule has 0 bridgehead atoms. The highest BCUT2D eigenvalue weighted by Gasteiger charge is 2.22. The molecule has 6 nitrogen and oxygen atoms in total. The fourth-order valence-corrected chi connectivity index (χ4v) is 4.64. The van der Waals surface area contributed by atoms with Crippen LogP contribution >= 0.6 is 0 Å². The SMILES string of the molecule is CCCC(CCC)c1nc2cnc3cc(-c4c(C)noc4C)c(OC)cc3c2n1C. The largest absolute Gasteiger partial charge is 0.496 e. The van der Waals surface area contributed by atoms with Crippen molar-refractivity contribution in [3.8, 4) is 16.9 Å². The quantitative estimate of drug-likeness (QED) is 0.372. The number of methoxy groups -OCH3 is 1. The van der Waals surface area contributed by atoms with Gasteiger partial charge in [0.15, 0.2) is 0 Å². The number of ether oxygens (including phenoxy) is 1. The van der Waals surface area contributed by atoms with E-state index in [4.69, 9.17) is 19.2 Å². The number of rotatable bonds is 7. The van der Waals surface area contributed by atoms with E-state index >= 15 is 0 Å². The Hall–Kier alpha value is -2.89. The van der Waals surface area contributed by atoms with Crippen molar-refractivity contribution in [3.05, 3.63) is 35.6 Å². The van der Waals surface area contributed by atoms with Crippen LogP contribution < -0.4 is 4.74 Å². The zero-order valence-electron chi connectivity index (χ0n) is 18.7. The fraction of sp³-hybridized carbons (Fsp3) is 0.458. The van der Waals surface area contributed by atoms with E-state index in [0.717, 1.165) is 81.8 Å². The summed E-state index contributed by atoms with van der Waals surface area (Å²) in [6.07, 6.45) is 6.49. The summed E-state index contributed by atoms with van der Waals surface area (Å²) >= 11 is 0. The van der Waals surface area contributed by atoms with Gasteiger partial charge in [0.05, 0.1) is 35.6 Å². The lowest BCUT2D eigenvalue weighted by Crippen LogP contribution is -2.06. The molecule has 3 heterocycles. The Morgan fingerprint density at radius 1 is 1.10 bits per heavy atom. The fourth-order valence-electron chi connectivity index (χ4n) is 4.64. The zero-order chi connectivity index (χ0) is 21.4. The van der Waals surface area contributed by atoms with E-state index in [1.165, 1.54) is 0 Å². The van der Waals surface area contributed by atoms with Crippen molar-refractivity contribution in [2.75, 3.05) is 7.11 Å². The molecule has 0 radical (unpaired) electrons. The first-order chi connectivity index (χ1) is 14.5. The van der Waals surface area contributed by atoms with Gasteiger partial charge in [0.2, 0.25) is 0 Å². The summed E-state index contributed by atoms with van der Waals surface area (Å²) in [7, 11) is 3.82. The van der Waals surface area contributed by atoms with Crippen LogP contribution in [0.25, 0.3) is 33.1 Å². The first-order valence-corrected chi connectivity index (χ1v) is 10.8. The number of nitrogens with zero attached hydrogens (tertiary/aromatic N) is 4. The number of hydrogen-bond acceptors (Lipinski definition) is 5. The van der Waals surface area contributed by atoms with Crippen molar-refractivity contribution >= 4 is 21.9 Å². The Kier molecular flexibility index (Phi) is 5.50. The molecule has 0 spiro atoms. The van der Waals surface area contributed by atoms with Gasteiger partial charge >= 0.3 is 0 Å². The summed E-state index contributed by atoms with van der Waals surface area (Å²) in [4.78, 5) is 9.73. The highest BCUT2D eigenvalue weighted by Crippen LogP contribution is 2.39. The summed E-state index contributed by atoms with van der Waals surface area (Å²) in [5.74, 6) is 3.18. The minimum absolute atomic E-state index is 0.468. The average Bonchev–Trinajstić information content (AvgIpc) is 3.25. The number of pyridine rings is 1. The lowest BCUT2D eigenvalue weighted by molar-refractivity contribution is 0.393. The normalized spacial score (nSPS) is 11.8. The monoisotopic (exact) mass is 406 g/mol. The maximum atomic E-state index is 5.78. The molecule has 0 aliphatic rings. The maximum absolute atomic E-state index is 5.78. The molecule has 4 aromatic rings. The molecular weight excluding hydrogens is 376 g/mol. The van der Waals surface area contributed by atoms with Crippen molar-refractivity contribution in [1.29, 1.82) is 0 Å². The Balaban J connectivity index is 1.96. The second-order valence-corrected chi connectivity index (χ2v) is 8.06. The summed E-state index contributed by atoms with van der Waals surface area (Å²) in [5, 5.41) is 5.15. The number of aromatic nitrogens is 4. The van der Waals surface area contributed by atoms with Gasteiger partial charge in [-0.1, -0.05) is 31.8 Å². The molecule has 158 valence electrons. The molecular formula is C24H30N4O2. The third-order valence-electron chi connectivity index (χ3n) is 6.00. The van der Waals surface area contributed by atoms with Crippen LogP contribution in [0.15, 0.2) is 22.9 Å². The van der Waals surface area contributed by atoms with Crippen LogP contribution in [-0.2, 0) is 7.05 Å². The van der Waals surface area contributed by atoms with Gasteiger partial charge in [-0.05, 0) is 38.8 Å². The number of fused-ring (bicyclic) bond motifs is 3. The lowest BCUT2D eigenvalue weighted by atomic mass is 9.97. The van der Waals surface area contributed by atoms with Crippen LogP contribution in [0, 0.1) is 13.8 Å². The van der Waals surface area contributed by atoms with Crippen molar-refractivity contribution in [3.63, 3.8) is 0 Å². The van der Waals surface area contributed by atoms with Crippen LogP contribution in [0.5, 0.6) is 5.75 Å². The van der Waals surface area contributed by atoms with E-state index in [9.17, 15) is 0 Å². The molecule has 0 saturated heterocycles. The lowest BCUT2D eigenvalue weighted by Gasteiger charge is -2.15. The topological polar surface area (TPSA) is 66.0 Å². The predicted molar refractivity (Wildman–Crippen MR) is 120 cm³/mol. The molecule has 0 aliphatic carbocycles. The molecule has 0 saturated carbocycles. The molecule has 30 heavy (non-hydrogen) atoms. The molecule has 4 rings (SSSR count). The Bertz CT molecular complexity index is 1180. The first kappa shape index (κ1) is 20.4. The zero-order valence-corrected chi connectivity index (χ0v) is 18.7. The predicted octanol–water partition coefficient (Wildman–Crippen LogP) is 6.09. The smallest absolute Gasteiger partial charge is 0.141 e. The number of imidazole rings is 1. The second kappa shape index (κ2) is 8.09. The summed E-state index contributed by atoms with van der Waals surface area (Å²) in [5.41, 5.74) is 5.71. The molecule has 0 aliphatic heterocycles. The third kappa shape index (κ3) is 3.24. The summed E-state index contributed by atoms with van der Waals surface area (Å²) < 4.78 is 13.4. The second-order valence-electron chi connectivity index (χ2n) is 8.06. The molecule has 0 N–H and O–H groups in total. The molecule has 6 heteroatoms. The van der Waals surface area contributed by atoms with Crippen molar-refractivity contribution < 1.29 is 9.26 Å². The molecule has 0 atom stereocenters. The highest BCUT2D eigenvalue weighted by atomic mass is 16.5. The summed E-state index contributed by atoms with van der Waals surface area (Å²) in [6.45, 7) is 8.35. The van der Waals surface area contributed by atoms with E-state index in [1.807, 2.05) is 20.0 Å². The average molecular weight is 407 g/mol. The van der Waals surface area contributed by atoms with Crippen LogP contribution in [-0.4, -0.2) is 26.8 Å². The van der Waals surface area contributed by atoms with E-state index < -0.39 is 0 Å². The van der Waals surface area contributed by atoms with E-state index in [2.05, 4.69) is 42.8 Å². The minimum atomic E-state index is 0.468. The van der Waals surface area contributed by atoms with Gasteiger partial charge in [0, 0.05) is 23.9 Å². The molecule has 3 aromatic heterocycles. The number of aryl methyl sites for hydroxylation is 3. The van der Waals surface area contributed by atoms with Gasteiger partial charge in [-0.15, -0.1) is 0 Å².